The number of ether oxygens (including phenoxy) is 2. The first kappa shape index (κ1) is 13.0. The van der Waals surface area contributed by atoms with Crippen molar-refractivity contribution in [2.24, 2.45) is 5.73 Å². The van der Waals surface area contributed by atoms with Crippen LogP contribution in [0.1, 0.15) is 5.69 Å². The number of methoxy groups -OCH3 is 2. The third kappa shape index (κ3) is 1.93. The second kappa shape index (κ2) is 5.15. The normalized spacial score (nSPS) is 10.9. The summed E-state index contributed by atoms with van der Waals surface area (Å²) >= 11 is 1.59. The van der Waals surface area contributed by atoms with Crippen LogP contribution in [0.15, 0.2) is 29.8 Å². The summed E-state index contributed by atoms with van der Waals surface area (Å²) in [6.45, 7) is 0.432. The van der Waals surface area contributed by atoms with Crippen molar-refractivity contribution < 1.29 is 9.47 Å². The van der Waals surface area contributed by atoms with Crippen molar-refractivity contribution in [1.82, 2.24) is 9.38 Å². The third-order valence-electron chi connectivity index (χ3n) is 3.21. The first-order valence-electron chi connectivity index (χ1n) is 6.15. The molecule has 0 aliphatic rings. The van der Waals surface area contributed by atoms with Crippen LogP contribution in [0.25, 0.3) is 16.2 Å². The van der Waals surface area contributed by atoms with E-state index in [4.69, 9.17) is 15.2 Å². The molecule has 104 valence electrons. The van der Waals surface area contributed by atoms with Crippen LogP contribution in [0.4, 0.5) is 0 Å². The van der Waals surface area contributed by atoms with E-state index in [2.05, 4.69) is 4.98 Å². The topological polar surface area (TPSA) is 61.8 Å². The first-order valence-corrected chi connectivity index (χ1v) is 7.03. The minimum absolute atomic E-state index is 0.432. The van der Waals surface area contributed by atoms with E-state index in [1.54, 1.807) is 25.6 Å². The van der Waals surface area contributed by atoms with Gasteiger partial charge in [0.2, 0.25) is 0 Å². The van der Waals surface area contributed by atoms with E-state index < -0.39 is 0 Å². The highest BCUT2D eigenvalue weighted by molar-refractivity contribution is 7.15. The van der Waals surface area contributed by atoms with Gasteiger partial charge in [0.25, 0.3) is 0 Å². The van der Waals surface area contributed by atoms with Crippen molar-refractivity contribution in [2.75, 3.05) is 14.2 Å². The summed E-state index contributed by atoms with van der Waals surface area (Å²) in [5.74, 6) is 1.39. The Morgan fingerprint density at radius 1 is 1.25 bits per heavy atom. The molecule has 1 aromatic carbocycles. The van der Waals surface area contributed by atoms with Crippen molar-refractivity contribution in [2.45, 2.75) is 6.54 Å². The van der Waals surface area contributed by atoms with Crippen LogP contribution < -0.4 is 15.2 Å². The molecule has 0 saturated carbocycles. The number of hydrogen-bond acceptors (Lipinski definition) is 5. The van der Waals surface area contributed by atoms with Crippen LogP contribution in [0.2, 0.25) is 0 Å². The number of aromatic nitrogens is 2. The monoisotopic (exact) mass is 289 g/mol. The van der Waals surface area contributed by atoms with E-state index in [9.17, 15) is 0 Å². The lowest BCUT2D eigenvalue weighted by molar-refractivity contribution is 0.355. The van der Waals surface area contributed by atoms with Crippen molar-refractivity contribution in [3.8, 4) is 22.8 Å². The average Bonchev–Trinajstić information content (AvgIpc) is 3.06. The number of nitrogens with zero attached hydrogens (tertiary/aromatic N) is 2. The van der Waals surface area contributed by atoms with Gasteiger partial charge < -0.3 is 15.2 Å². The first-order chi connectivity index (χ1) is 9.78. The van der Waals surface area contributed by atoms with Gasteiger partial charge in [-0.15, -0.1) is 11.3 Å². The van der Waals surface area contributed by atoms with Crippen LogP contribution in [-0.2, 0) is 6.54 Å². The summed E-state index contributed by atoms with van der Waals surface area (Å²) in [5.41, 5.74) is 8.73. The summed E-state index contributed by atoms with van der Waals surface area (Å²) in [5, 5.41) is 2.00. The van der Waals surface area contributed by atoms with Crippen LogP contribution in [0, 0.1) is 0 Å². The fraction of sp³-hybridized carbons (Fsp3) is 0.214. The largest absolute Gasteiger partial charge is 0.493 e. The molecule has 3 rings (SSSR count). The molecule has 0 bridgehead atoms. The maximum atomic E-state index is 5.87. The molecule has 2 N–H and O–H groups in total. The van der Waals surface area contributed by atoms with E-state index in [-0.39, 0.29) is 0 Å². The van der Waals surface area contributed by atoms with E-state index in [1.807, 2.05) is 34.2 Å². The lowest BCUT2D eigenvalue weighted by atomic mass is 10.1. The Labute approximate surface area is 120 Å². The fourth-order valence-electron chi connectivity index (χ4n) is 2.24. The van der Waals surface area contributed by atoms with E-state index >= 15 is 0 Å². The predicted molar refractivity (Wildman–Crippen MR) is 79.5 cm³/mol. The maximum absolute atomic E-state index is 5.87. The standard InChI is InChI=1S/C14H15N3O2S/c1-18-11-4-3-9(7-12(11)19-2)13-10(8-15)17-5-6-20-14(17)16-13/h3-7H,8,15H2,1-2H3. The number of benzene rings is 1. The van der Waals surface area contributed by atoms with Gasteiger partial charge in [-0.25, -0.2) is 4.98 Å². The Kier molecular flexibility index (Phi) is 3.33. The number of hydrogen-bond donors (Lipinski definition) is 1. The highest BCUT2D eigenvalue weighted by atomic mass is 32.1. The number of fused-ring (bicyclic) bond motifs is 1. The van der Waals surface area contributed by atoms with Crippen molar-refractivity contribution in [3.63, 3.8) is 0 Å². The Balaban J connectivity index is 2.17. The van der Waals surface area contributed by atoms with Crippen molar-refractivity contribution in [1.29, 1.82) is 0 Å². The van der Waals surface area contributed by atoms with Crippen LogP contribution in [0.3, 0.4) is 0 Å². The molecule has 2 heterocycles. The van der Waals surface area contributed by atoms with Crippen LogP contribution in [-0.4, -0.2) is 23.6 Å². The maximum Gasteiger partial charge on any atom is 0.194 e. The van der Waals surface area contributed by atoms with Crippen molar-refractivity contribution in [3.05, 3.63) is 35.5 Å². The molecule has 20 heavy (non-hydrogen) atoms. The molecule has 0 aliphatic carbocycles. The average molecular weight is 289 g/mol. The van der Waals surface area contributed by atoms with Gasteiger partial charge in [-0.05, 0) is 18.2 Å². The SMILES string of the molecule is COc1ccc(-c2nc3sccn3c2CN)cc1OC. The molecule has 0 amide bonds. The van der Waals surface area contributed by atoms with Gasteiger partial charge in [0.15, 0.2) is 16.5 Å². The summed E-state index contributed by atoms with van der Waals surface area (Å²) in [6, 6.07) is 5.76. The quantitative estimate of drug-likeness (QED) is 0.801. The number of rotatable bonds is 4. The van der Waals surface area contributed by atoms with Crippen LogP contribution in [0.5, 0.6) is 11.5 Å². The summed E-state index contributed by atoms with van der Waals surface area (Å²) in [7, 11) is 3.24. The van der Waals surface area contributed by atoms with E-state index in [0.717, 1.165) is 21.9 Å². The number of nitrogens with two attached hydrogens (primary N) is 1. The molecule has 2 aromatic heterocycles. The molecule has 3 aromatic rings. The minimum atomic E-state index is 0.432. The summed E-state index contributed by atoms with van der Waals surface area (Å²) in [4.78, 5) is 5.59. The highest BCUT2D eigenvalue weighted by Crippen LogP contribution is 2.34. The zero-order chi connectivity index (χ0) is 14.1. The zero-order valence-electron chi connectivity index (χ0n) is 11.3. The molecule has 0 atom stereocenters. The Morgan fingerprint density at radius 2 is 2.05 bits per heavy atom. The Hall–Kier alpha value is -2.05. The van der Waals surface area contributed by atoms with Gasteiger partial charge >= 0.3 is 0 Å². The molecule has 0 fully saturated rings. The third-order valence-corrected chi connectivity index (χ3v) is 3.97. The van der Waals surface area contributed by atoms with Crippen LogP contribution >= 0.6 is 11.3 Å². The molecule has 0 aliphatic heterocycles. The van der Waals surface area contributed by atoms with Gasteiger partial charge in [0.05, 0.1) is 25.6 Å². The predicted octanol–water partition coefficient (Wildman–Crippen LogP) is 2.54. The number of thiazole rings is 1. The molecule has 0 spiro atoms. The Morgan fingerprint density at radius 3 is 2.75 bits per heavy atom. The lowest BCUT2D eigenvalue weighted by Gasteiger charge is -2.09. The number of imidazole rings is 1. The minimum Gasteiger partial charge on any atom is -0.493 e. The van der Waals surface area contributed by atoms with E-state index in [0.29, 0.717) is 18.0 Å². The van der Waals surface area contributed by atoms with Gasteiger partial charge in [-0.2, -0.15) is 0 Å². The molecule has 0 radical (unpaired) electrons. The fourth-order valence-corrected chi connectivity index (χ4v) is 2.98. The molecule has 0 unspecified atom stereocenters. The highest BCUT2D eigenvalue weighted by Gasteiger charge is 2.15. The van der Waals surface area contributed by atoms with Gasteiger partial charge in [0, 0.05) is 23.7 Å². The van der Waals surface area contributed by atoms with Gasteiger partial charge in [-0.3, -0.25) is 4.40 Å². The summed E-state index contributed by atoms with van der Waals surface area (Å²) < 4.78 is 12.6. The molecular weight excluding hydrogens is 274 g/mol. The zero-order valence-corrected chi connectivity index (χ0v) is 12.1. The van der Waals surface area contributed by atoms with Gasteiger partial charge in [-0.1, -0.05) is 0 Å². The smallest absolute Gasteiger partial charge is 0.194 e. The van der Waals surface area contributed by atoms with Gasteiger partial charge in [0.1, 0.15) is 0 Å². The lowest BCUT2D eigenvalue weighted by Crippen LogP contribution is -2.01. The van der Waals surface area contributed by atoms with Crippen molar-refractivity contribution >= 4 is 16.3 Å². The van der Waals surface area contributed by atoms with E-state index in [1.165, 1.54) is 0 Å². The molecule has 6 heteroatoms. The second-order valence-corrected chi connectivity index (χ2v) is 5.11. The summed E-state index contributed by atoms with van der Waals surface area (Å²) in [6.07, 6.45) is 1.99. The second-order valence-electron chi connectivity index (χ2n) is 4.24. The molecule has 5 nitrogen and oxygen atoms in total. The molecule has 0 saturated heterocycles. The Bertz CT molecular complexity index is 748. The molecular formula is C14H15N3O2S.